The molecule has 0 bridgehead atoms. The second-order valence-corrected chi connectivity index (χ2v) is 7.46. The van der Waals surface area contributed by atoms with Gasteiger partial charge in [-0.3, -0.25) is 14.6 Å². The third kappa shape index (κ3) is 5.99. The fourth-order valence-electron chi connectivity index (χ4n) is 3.06. The van der Waals surface area contributed by atoms with Gasteiger partial charge in [-0.05, 0) is 35.4 Å². The molecule has 6 heteroatoms. The smallest absolute Gasteiger partial charge is 0.234 e. The molecule has 3 rings (SSSR count). The molecule has 1 aliphatic rings. The molecule has 4 nitrogen and oxygen atoms in total. The third-order valence-corrected chi connectivity index (χ3v) is 5.02. The first kappa shape index (κ1) is 19.2. The number of amides is 1. The maximum Gasteiger partial charge on any atom is 0.234 e. The van der Waals surface area contributed by atoms with Crippen molar-refractivity contribution in [1.29, 1.82) is 0 Å². The van der Waals surface area contributed by atoms with Crippen LogP contribution in [0.3, 0.4) is 0 Å². The lowest BCUT2D eigenvalue weighted by molar-refractivity contribution is -0.122. The Labute approximate surface area is 164 Å². The van der Waals surface area contributed by atoms with Gasteiger partial charge in [0.25, 0.3) is 0 Å². The van der Waals surface area contributed by atoms with E-state index in [0.29, 0.717) is 18.1 Å². The Bertz CT molecular complexity index is 728. The van der Waals surface area contributed by atoms with E-state index in [-0.39, 0.29) is 5.91 Å². The molecule has 0 radical (unpaired) electrons. The van der Waals surface area contributed by atoms with E-state index in [9.17, 15) is 4.79 Å². The molecular formula is C20H23Cl2N3O. The predicted molar refractivity (Wildman–Crippen MR) is 106 cm³/mol. The van der Waals surface area contributed by atoms with Crippen LogP contribution in [0.2, 0.25) is 10.0 Å². The lowest BCUT2D eigenvalue weighted by Gasteiger charge is -2.34. The van der Waals surface area contributed by atoms with E-state index in [2.05, 4.69) is 27.2 Å². The minimum absolute atomic E-state index is 0.0520. The molecule has 2 aromatic rings. The van der Waals surface area contributed by atoms with Crippen molar-refractivity contribution in [1.82, 2.24) is 15.1 Å². The van der Waals surface area contributed by atoms with Gasteiger partial charge in [0.15, 0.2) is 0 Å². The van der Waals surface area contributed by atoms with Crippen LogP contribution in [0.4, 0.5) is 0 Å². The van der Waals surface area contributed by atoms with Gasteiger partial charge in [-0.25, -0.2) is 0 Å². The van der Waals surface area contributed by atoms with E-state index < -0.39 is 0 Å². The summed E-state index contributed by atoms with van der Waals surface area (Å²) >= 11 is 11.9. The highest BCUT2D eigenvalue weighted by Gasteiger charge is 2.18. The van der Waals surface area contributed by atoms with Crippen molar-refractivity contribution in [2.45, 2.75) is 13.1 Å². The normalized spacial score (nSPS) is 15.8. The molecule has 26 heavy (non-hydrogen) atoms. The Morgan fingerprint density at radius 3 is 2.27 bits per heavy atom. The summed E-state index contributed by atoms with van der Waals surface area (Å²) in [4.78, 5) is 16.8. The van der Waals surface area contributed by atoms with Crippen LogP contribution >= 0.6 is 23.2 Å². The van der Waals surface area contributed by atoms with E-state index in [4.69, 9.17) is 23.2 Å². The van der Waals surface area contributed by atoms with Gasteiger partial charge in [0.1, 0.15) is 0 Å². The summed E-state index contributed by atoms with van der Waals surface area (Å²) in [5, 5.41) is 4.42. The maximum absolute atomic E-state index is 12.2. The van der Waals surface area contributed by atoms with Gasteiger partial charge in [0.05, 0.1) is 6.54 Å². The fourth-order valence-corrected chi connectivity index (χ4v) is 3.40. The van der Waals surface area contributed by atoms with Crippen molar-refractivity contribution in [2.75, 3.05) is 32.7 Å². The van der Waals surface area contributed by atoms with Gasteiger partial charge in [0.2, 0.25) is 5.91 Å². The van der Waals surface area contributed by atoms with Gasteiger partial charge in [-0.15, -0.1) is 0 Å². The highest BCUT2D eigenvalue weighted by atomic mass is 35.5. The Kier molecular flexibility index (Phi) is 6.92. The topological polar surface area (TPSA) is 35.6 Å². The number of carbonyl (C=O) groups excluding carboxylic acids is 1. The van der Waals surface area contributed by atoms with Crippen molar-refractivity contribution >= 4 is 29.1 Å². The maximum atomic E-state index is 12.2. The molecule has 1 heterocycles. The summed E-state index contributed by atoms with van der Waals surface area (Å²) in [6, 6.07) is 15.5. The number of piperazine rings is 1. The summed E-state index contributed by atoms with van der Waals surface area (Å²) in [5.74, 6) is 0.0520. The molecule has 0 spiro atoms. The van der Waals surface area contributed by atoms with Crippen LogP contribution in [0.1, 0.15) is 11.1 Å². The lowest BCUT2D eigenvalue weighted by atomic mass is 10.2. The summed E-state index contributed by atoms with van der Waals surface area (Å²) in [5.41, 5.74) is 2.28. The number of hydrogen-bond acceptors (Lipinski definition) is 3. The van der Waals surface area contributed by atoms with Crippen LogP contribution in [-0.2, 0) is 17.9 Å². The number of nitrogens with one attached hydrogen (secondary N) is 1. The molecule has 1 saturated heterocycles. The second kappa shape index (κ2) is 9.38. The molecule has 1 N–H and O–H groups in total. The highest BCUT2D eigenvalue weighted by molar-refractivity contribution is 6.30. The van der Waals surface area contributed by atoms with E-state index in [1.807, 2.05) is 36.4 Å². The van der Waals surface area contributed by atoms with Crippen LogP contribution in [0.5, 0.6) is 0 Å². The van der Waals surface area contributed by atoms with E-state index in [0.717, 1.165) is 43.3 Å². The zero-order chi connectivity index (χ0) is 18.4. The van der Waals surface area contributed by atoms with Gasteiger partial charge in [-0.2, -0.15) is 0 Å². The van der Waals surface area contributed by atoms with Gasteiger partial charge in [0, 0.05) is 49.3 Å². The third-order valence-electron chi connectivity index (χ3n) is 4.53. The molecule has 0 atom stereocenters. The minimum atomic E-state index is 0.0520. The molecule has 138 valence electrons. The van der Waals surface area contributed by atoms with Crippen molar-refractivity contribution < 1.29 is 4.79 Å². The summed E-state index contributed by atoms with van der Waals surface area (Å²) in [6.45, 7) is 5.60. The fraction of sp³-hybridized carbons (Fsp3) is 0.350. The first-order valence-corrected chi connectivity index (χ1v) is 9.54. The summed E-state index contributed by atoms with van der Waals surface area (Å²) in [6.07, 6.45) is 0. The van der Waals surface area contributed by atoms with Crippen molar-refractivity contribution in [3.8, 4) is 0 Å². The van der Waals surface area contributed by atoms with E-state index >= 15 is 0 Å². The highest BCUT2D eigenvalue weighted by Crippen LogP contribution is 2.13. The van der Waals surface area contributed by atoms with Crippen LogP contribution in [0, 0.1) is 0 Å². The molecule has 2 aromatic carbocycles. The molecule has 0 aromatic heterocycles. The summed E-state index contributed by atoms with van der Waals surface area (Å²) < 4.78 is 0. The van der Waals surface area contributed by atoms with Crippen LogP contribution in [-0.4, -0.2) is 48.4 Å². The van der Waals surface area contributed by atoms with Gasteiger partial charge < -0.3 is 5.32 Å². The predicted octanol–water partition coefficient (Wildman–Crippen LogP) is 3.43. The SMILES string of the molecule is O=C(CN1CCN(Cc2ccc(Cl)cc2)CC1)NCc1cccc(Cl)c1. The minimum Gasteiger partial charge on any atom is -0.351 e. The number of carbonyl (C=O) groups is 1. The number of rotatable bonds is 6. The number of benzene rings is 2. The quantitative estimate of drug-likeness (QED) is 0.818. The molecule has 1 aliphatic heterocycles. The first-order chi connectivity index (χ1) is 12.6. The van der Waals surface area contributed by atoms with Crippen molar-refractivity contribution in [3.05, 3.63) is 69.7 Å². The standard InChI is InChI=1S/C20H23Cl2N3O/c21-18-6-4-16(5-7-18)14-24-8-10-25(11-9-24)15-20(26)23-13-17-2-1-3-19(22)12-17/h1-7,12H,8-11,13-15H2,(H,23,26). The Morgan fingerprint density at radius 2 is 1.58 bits per heavy atom. The largest absolute Gasteiger partial charge is 0.351 e. The molecule has 0 aliphatic carbocycles. The van der Waals surface area contributed by atoms with E-state index in [1.165, 1.54) is 5.56 Å². The van der Waals surface area contributed by atoms with Crippen molar-refractivity contribution in [3.63, 3.8) is 0 Å². The van der Waals surface area contributed by atoms with Crippen LogP contribution < -0.4 is 5.32 Å². The average Bonchev–Trinajstić information content (AvgIpc) is 2.64. The Hall–Kier alpha value is -1.59. The first-order valence-electron chi connectivity index (χ1n) is 8.79. The zero-order valence-corrected chi connectivity index (χ0v) is 16.1. The zero-order valence-electron chi connectivity index (χ0n) is 14.6. The van der Waals surface area contributed by atoms with Gasteiger partial charge in [-0.1, -0.05) is 47.5 Å². The average molecular weight is 392 g/mol. The van der Waals surface area contributed by atoms with Gasteiger partial charge >= 0.3 is 0 Å². The second-order valence-electron chi connectivity index (χ2n) is 6.59. The molecule has 0 unspecified atom stereocenters. The summed E-state index contributed by atoms with van der Waals surface area (Å²) in [7, 11) is 0. The number of nitrogens with zero attached hydrogens (tertiary/aromatic N) is 2. The molecule has 1 amide bonds. The van der Waals surface area contributed by atoms with Crippen LogP contribution in [0.15, 0.2) is 48.5 Å². The number of halogens is 2. The van der Waals surface area contributed by atoms with E-state index in [1.54, 1.807) is 0 Å². The molecule has 0 saturated carbocycles. The van der Waals surface area contributed by atoms with Crippen molar-refractivity contribution in [2.24, 2.45) is 0 Å². The molecule has 1 fully saturated rings. The monoisotopic (exact) mass is 391 g/mol. The Balaban J connectivity index is 1.38. The molecular weight excluding hydrogens is 369 g/mol. The number of hydrogen-bond donors (Lipinski definition) is 1. The Morgan fingerprint density at radius 1 is 0.885 bits per heavy atom. The lowest BCUT2D eigenvalue weighted by Crippen LogP contribution is -2.49. The van der Waals surface area contributed by atoms with Crippen LogP contribution in [0.25, 0.3) is 0 Å².